The third-order valence-corrected chi connectivity index (χ3v) is 2.21. The van der Waals surface area contributed by atoms with Crippen LogP contribution in [0.15, 0.2) is 10.6 Å². The molecule has 14 heavy (non-hydrogen) atoms. The van der Waals surface area contributed by atoms with Gasteiger partial charge >= 0.3 is 6.18 Å². The molecule has 0 spiro atoms. The fourth-order valence-electron chi connectivity index (χ4n) is 1.31. The summed E-state index contributed by atoms with van der Waals surface area (Å²) >= 11 is 0. The Morgan fingerprint density at radius 2 is 1.93 bits per heavy atom. The van der Waals surface area contributed by atoms with E-state index in [9.17, 15) is 13.2 Å². The molecule has 0 fully saturated rings. The van der Waals surface area contributed by atoms with Crippen LogP contribution in [0.5, 0.6) is 0 Å². The minimum absolute atomic E-state index is 0.0265. The summed E-state index contributed by atoms with van der Waals surface area (Å²) in [4.78, 5) is 0. The molecule has 1 rings (SSSR count). The van der Waals surface area contributed by atoms with E-state index >= 15 is 0 Å². The van der Waals surface area contributed by atoms with Crippen molar-refractivity contribution in [1.29, 1.82) is 0 Å². The molecular weight excluding hydrogens is 195 g/mol. The van der Waals surface area contributed by atoms with E-state index in [4.69, 9.17) is 0 Å². The molecule has 1 aromatic heterocycles. The Balaban J connectivity index is 2.87. The van der Waals surface area contributed by atoms with Gasteiger partial charge < -0.3 is 4.52 Å². The molecule has 1 aromatic rings. The van der Waals surface area contributed by atoms with Crippen molar-refractivity contribution in [2.75, 3.05) is 0 Å². The molecule has 0 aliphatic rings. The maximum Gasteiger partial charge on any atom is 0.436 e. The van der Waals surface area contributed by atoms with Gasteiger partial charge in [0.1, 0.15) is 5.76 Å². The minimum atomic E-state index is -4.41. The standard InChI is InChI=1S/C9H12F3NO/c1-3-6(4-2)7-5-8(13-14-7)9(10,11)12/h5-6H,3-4H2,1-2H3. The second-order valence-corrected chi connectivity index (χ2v) is 3.13. The zero-order valence-corrected chi connectivity index (χ0v) is 8.06. The molecular formula is C9H12F3NO. The first kappa shape index (κ1) is 11.1. The lowest BCUT2D eigenvalue weighted by Crippen LogP contribution is -2.04. The van der Waals surface area contributed by atoms with Gasteiger partial charge in [0, 0.05) is 12.0 Å². The van der Waals surface area contributed by atoms with Crippen molar-refractivity contribution in [3.63, 3.8) is 0 Å². The summed E-state index contributed by atoms with van der Waals surface area (Å²) in [6, 6.07) is 0.984. The first-order valence-electron chi connectivity index (χ1n) is 4.52. The largest absolute Gasteiger partial charge is 0.436 e. The van der Waals surface area contributed by atoms with E-state index in [0.717, 1.165) is 18.9 Å². The number of nitrogens with zero attached hydrogens (tertiary/aromatic N) is 1. The van der Waals surface area contributed by atoms with Crippen LogP contribution >= 0.6 is 0 Å². The normalized spacial score (nSPS) is 12.4. The van der Waals surface area contributed by atoms with Crippen LogP contribution in [0.3, 0.4) is 0 Å². The number of hydrogen-bond acceptors (Lipinski definition) is 2. The van der Waals surface area contributed by atoms with Gasteiger partial charge in [0.05, 0.1) is 0 Å². The Morgan fingerprint density at radius 1 is 1.36 bits per heavy atom. The average Bonchev–Trinajstić information content (AvgIpc) is 2.54. The summed E-state index contributed by atoms with van der Waals surface area (Å²) < 4.78 is 41.1. The van der Waals surface area contributed by atoms with E-state index in [1.54, 1.807) is 0 Å². The van der Waals surface area contributed by atoms with Crippen molar-refractivity contribution in [3.8, 4) is 0 Å². The second-order valence-electron chi connectivity index (χ2n) is 3.13. The molecule has 1 heterocycles. The topological polar surface area (TPSA) is 26.0 Å². The highest BCUT2D eigenvalue weighted by atomic mass is 19.4. The number of aromatic nitrogens is 1. The van der Waals surface area contributed by atoms with Crippen molar-refractivity contribution >= 4 is 0 Å². The van der Waals surface area contributed by atoms with Crippen LogP contribution in [0.2, 0.25) is 0 Å². The van der Waals surface area contributed by atoms with E-state index in [2.05, 4.69) is 9.68 Å². The first-order chi connectivity index (χ1) is 6.49. The minimum Gasteiger partial charge on any atom is -0.361 e. The van der Waals surface area contributed by atoms with Crippen molar-refractivity contribution in [1.82, 2.24) is 5.16 Å². The number of alkyl halides is 3. The van der Waals surface area contributed by atoms with Crippen molar-refractivity contribution in [2.45, 2.75) is 38.8 Å². The molecule has 0 unspecified atom stereocenters. The Hall–Kier alpha value is -1.00. The molecule has 0 saturated carbocycles. The van der Waals surface area contributed by atoms with E-state index < -0.39 is 11.9 Å². The van der Waals surface area contributed by atoms with Crippen LogP contribution in [0.4, 0.5) is 13.2 Å². The van der Waals surface area contributed by atoms with Gasteiger partial charge in [-0.15, -0.1) is 0 Å². The van der Waals surface area contributed by atoms with Crippen LogP contribution in [0.1, 0.15) is 44.1 Å². The van der Waals surface area contributed by atoms with Gasteiger partial charge in [0.25, 0.3) is 0 Å². The van der Waals surface area contributed by atoms with Crippen molar-refractivity contribution < 1.29 is 17.7 Å². The quantitative estimate of drug-likeness (QED) is 0.756. The summed E-state index contributed by atoms with van der Waals surface area (Å²) in [5, 5.41) is 3.00. The summed E-state index contributed by atoms with van der Waals surface area (Å²) in [7, 11) is 0. The van der Waals surface area contributed by atoms with Crippen LogP contribution in [0.25, 0.3) is 0 Å². The van der Waals surface area contributed by atoms with Crippen LogP contribution in [0, 0.1) is 0 Å². The molecule has 0 atom stereocenters. The van der Waals surface area contributed by atoms with Crippen LogP contribution in [-0.4, -0.2) is 5.16 Å². The van der Waals surface area contributed by atoms with Gasteiger partial charge in [0.15, 0.2) is 5.69 Å². The molecule has 2 nitrogen and oxygen atoms in total. The lowest BCUT2D eigenvalue weighted by atomic mass is 10.0. The molecule has 0 N–H and O–H groups in total. The van der Waals surface area contributed by atoms with Crippen LogP contribution < -0.4 is 0 Å². The highest BCUT2D eigenvalue weighted by Gasteiger charge is 2.35. The molecule has 0 radical (unpaired) electrons. The number of hydrogen-bond donors (Lipinski definition) is 0. The molecule has 0 aromatic carbocycles. The Kier molecular flexibility index (Phi) is 3.18. The molecule has 0 aliphatic heterocycles. The summed E-state index contributed by atoms with van der Waals surface area (Å²) in [5.74, 6) is 0.348. The second kappa shape index (κ2) is 4.02. The Bertz CT molecular complexity index is 288. The maximum absolute atomic E-state index is 12.2. The fraction of sp³-hybridized carbons (Fsp3) is 0.667. The van der Waals surface area contributed by atoms with Gasteiger partial charge in [-0.25, -0.2) is 0 Å². The van der Waals surface area contributed by atoms with Gasteiger partial charge in [0.2, 0.25) is 0 Å². The van der Waals surface area contributed by atoms with Gasteiger partial charge in [-0.1, -0.05) is 19.0 Å². The Labute approximate surface area is 80.1 Å². The summed E-state index contributed by atoms with van der Waals surface area (Å²) in [6.07, 6.45) is -2.90. The van der Waals surface area contributed by atoms with E-state index in [1.165, 1.54) is 0 Å². The molecule has 0 saturated heterocycles. The highest BCUT2D eigenvalue weighted by molar-refractivity contribution is 5.12. The van der Waals surface area contributed by atoms with Crippen LogP contribution in [-0.2, 0) is 6.18 Å². The fourth-order valence-corrected chi connectivity index (χ4v) is 1.31. The molecule has 80 valence electrons. The third-order valence-electron chi connectivity index (χ3n) is 2.21. The number of rotatable bonds is 3. The molecule has 0 amide bonds. The lowest BCUT2D eigenvalue weighted by Gasteiger charge is -2.05. The van der Waals surface area contributed by atoms with Gasteiger partial charge in [-0.05, 0) is 12.8 Å². The number of halogens is 3. The predicted molar refractivity (Wildman–Crippen MR) is 44.8 cm³/mol. The van der Waals surface area contributed by atoms with E-state index in [-0.39, 0.29) is 5.92 Å². The van der Waals surface area contributed by atoms with Gasteiger partial charge in [-0.2, -0.15) is 13.2 Å². The first-order valence-corrected chi connectivity index (χ1v) is 4.52. The summed E-state index contributed by atoms with van der Waals surface area (Å²) in [6.45, 7) is 3.81. The SMILES string of the molecule is CCC(CC)c1cc(C(F)(F)F)no1. The van der Waals surface area contributed by atoms with E-state index in [0.29, 0.717) is 5.76 Å². The monoisotopic (exact) mass is 207 g/mol. The maximum atomic E-state index is 12.2. The zero-order chi connectivity index (χ0) is 10.8. The molecule has 0 bridgehead atoms. The third kappa shape index (κ3) is 2.27. The molecule has 5 heteroatoms. The lowest BCUT2D eigenvalue weighted by molar-refractivity contribution is -0.142. The predicted octanol–water partition coefficient (Wildman–Crippen LogP) is 3.60. The van der Waals surface area contributed by atoms with Crippen molar-refractivity contribution in [3.05, 3.63) is 17.5 Å². The van der Waals surface area contributed by atoms with Gasteiger partial charge in [-0.3, -0.25) is 0 Å². The highest BCUT2D eigenvalue weighted by Crippen LogP contribution is 2.31. The Morgan fingerprint density at radius 3 is 2.29 bits per heavy atom. The summed E-state index contributed by atoms with van der Waals surface area (Å²) in [5.41, 5.74) is -0.945. The van der Waals surface area contributed by atoms with Crippen molar-refractivity contribution in [2.24, 2.45) is 0 Å². The average molecular weight is 207 g/mol. The van der Waals surface area contributed by atoms with E-state index in [1.807, 2.05) is 13.8 Å². The zero-order valence-electron chi connectivity index (χ0n) is 8.06. The molecule has 0 aliphatic carbocycles. The smallest absolute Gasteiger partial charge is 0.361 e.